The highest BCUT2D eigenvalue weighted by molar-refractivity contribution is 5.76. The molecule has 0 unspecified atom stereocenters. The maximum atomic E-state index is 12.4. The first kappa shape index (κ1) is 16.7. The molecule has 0 radical (unpaired) electrons. The molecule has 128 valence electrons. The quantitative estimate of drug-likeness (QED) is 0.818. The van der Waals surface area contributed by atoms with E-state index in [9.17, 15) is 4.79 Å². The molecule has 0 N–H and O–H groups in total. The molecule has 1 aliphatic heterocycles. The molecule has 24 heavy (non-hydrogen) atoms. The van der Waals surface area contributed by atoms with Crippen LogP contribution in [0.25, 0.3) is 0 Å². The highest BCUT2D eigenvalue weighted by atomic mass is 16.2. The predicted octanol–water partition coefficient (Wildman–Crippen LogP) is 2.40. The van der Waals surface area contributed by atoms with Gasteiger partial charge in [0.05, 0.1) is 6.33 Å². The minimum absolute atomic E-state index is 0.227. The van der Waals surface area contributed by atoms with E-state index in [1.165, 1.54) is 5.56 Å². The molecule has 3 rings (SSSR count). The van der Waals surface area contributed by atoms with Crippen LogP contribution in [-0.2, 0) is 17.9 Å². The van der Waals surface area contributed by atoms with Gasteiger partial charge in [0.2, 0.25) is 5.91 Å². The first-order valence-electron chi connectivity index (χ1n) is 8.70. The van der Waals surface area contributed by atoms with Crippen molar-refractivity contribution in [2.45, 2.75) is 38.4 Å². The third-order valence-electron chi connectivity index (χ3n) is 4.89. The van der Waals surface area contributed by atoms with Crippen LogP contribution < -0.4 is 0 Å². The topological polar surface area (TPSA) is 41.4 Å². The highest BCUT2D eigenvalue weighted by Gasteiger charge is 2.25. The van der Waals surface area contributed by atoms with Crippen LogP contribution in [0.4, 0.5) is 0 Å². The van der Waals surface area contributed by atoms with Gasteiger partial charge in [0, 0.05) is 58.1 Å². The van der Waals surface area contributed by atoms with Crippen molar-refractivity contribution in [3.05, 3.63) is 54.6 Å². The van der Waals surface area contributed by atoms with Gasteiger partial charge in [-0.1, -0.05) is 30.3 Å². The highest BCUT2D eigenvalue weighted by Crippen LogP contribution is 2.18. The maximum absolute atomic E-state index is 12.4. The van der Waals surface area contributed by atoms with Crippen LogP contribution in [0.15, 0.2) is 49.1 Å². The molecule has 1 aromatic heterocycles. The zero-order chi connectivity index (χ0) is 16.8. The predicted molar refractivity (Wildman–Crippen MR) is 94.4 cm³/mol. The maximum Gasteiger partial charge on any atom is 0.224 e. The van der Waals surface area contributed by atoms with Crippen LogP contribution in [-0.4, -0.2) is 51.4 Å². The Morgan fingerprint density at radius 3 is 2.67 bits per heavy atom. The molecule has 1 aromatic carbocycles. The Morgan fingerprint density at radius 1 is 1.25 bits per heavy atom. The van der Waals surface area contributed by atoms with Gasteiger partial charge >= 0.3 is 0 Å². The number of likely N-dealkylation sites (tertiary alicyclic amines) is 1. The van der Waals surface area contributed by atoms with Crippen molar-refractivity contribution in [3.8, 4) is 0 Å². The molecule has 1 fully saturated rings. The third kappa shape index (κ3) is 4.45. The van der Waals surface area contributed by atoms with Crippen LogP contribution in [0.5, 0.6) is 0 Å². The monoisotopic (exact) mass is 326 g/mol. The van der Waals surface area contributed by atoms with E-state index < -0.39 is 0 Å². The Hall–Kier alpha value is -2.14. The Labute approximate surface area is 143 Å². The van der Waals surface area contributed by atoms with Gasteiger partial charge in [-0.3, -0.25) is 9.69 Å². The number of imidazole rings is 1. The number of carbonyl (C=O) groups excluding carboxylic acids is 1. The van der Waals surface area contributed by atoms with Gasteiger partial charge in [-0.25, -0.2) is 4.98 Å². The second kappa shape index (κ2) is 8.11. The van der Waals surface area contributed by atoms with E-state index >= 15 is 0 Å². The lowest BCUT2D eigenvalue weighted by Crippen LogP contribution is -2.45. The number of amides is 1. The Balaban J connectivity index is 1.42. The summed E-state index contributed by atoms with van der Waals surface area (Å²) in [5.74, 6) is 0.227. The van der Waals surface area contributed by atoms with Crippen LogP contribution in [0, 0.1) is 0 Å². The minimum Gasteiger partial charge on any atom is -0.343 e. The molecule has 2 aromatic rings. The summed E-state index contributed by atoms with van der Waals surface area (Å²) >= 11 is 0. The molecule has 5 heteroatoms. The molecule has 5 nitrogen and oxygen atoms in total. The van der Waals surface area contributed by atoms with E-state index in [2.05, 4.69) is 40.2 Å². The standard InChI is InChI=1S/C19H26N4O/c1-21(19(24)9-13-23-14-10-20-16-23)18-7-11-22(12-8-18)15-17-5-3-2-4-6-17/h2-6,10,14,16,18H,7-9,11-13,15H2,1H3. The lowest BCUT2D eigenvalue weighted by Gasteiger charge is -2.36. The third-order valence-corrected chi connectivity index (χ3v) is 4.89. The van der Waals surface area contributed by atoms with Crippen LogP contribution >= 0.6 is 0 Å². The Bertz CT molecular complexity index is 618. The molecular formula is C19H26N4O. The van der Waals surface area contributed by atoms with Crippen LogP contribution in [0.3, 0.4) is 0 Å². The fourth-order valence-electron chi connectivity index (χ4n) is 3.33. The molecule has 1 aliphatic rings. The summed E-state index contributed by atoms with van der Waals surface area (Å²) in [6.45, 7) is 3.82. The summed E-state index contributed by atoms with van der Waals surface area (Å²) in [4.78, 5) is 20.8. The van der Waals surface area contributed by atoms with Gasteiger partial charge in [-0.15, -0.1) is 0 Å². The van der Waals surface area contributed by atoms with Crippen LogP contribution in [0.1, 0.15) is 24.8 Å². The fourth-order valence-corrected chi connectivity index (χ4v) is 3.33. The second-order valence-corrected chi connectivity index (χ2v) is 6.55. The number of rotatable bonds is 6. The number of nitrogens with zero attached hydrogens (tertiary/aromatic N) is 4. The van der Waals surface area contributed by atoms with Gasteiger partial charge in [0.1, 0.15) is 0 Å². The SMILES string of the molecule is CN(C(=O)CCn1ccnc1)C1CCN(Cc2ccccc2)CC1. The lowest BCUT2D eigenvalue weighted by molar-refractivity contribution is -0.133. The van der Waals surface area contributed by atoms with Crippen molar-refractivity contribution in [2.24, 2.45) is 0 Å². The Morgan fingerprint density at radius 2 is 2.00 bits per heavy atom. The van der Waals surface area contributed by atoms with E-state index in [4.69, 9.17) is 0 Å². The largest absolute Gasteiger partial charge is 0.343 e. The number of aromatic nitrogens is 2. The molecule has 0 saturated carbocycles. The molecule has 0 atom stereocenters. The van der Waals surface area contributed by atoms with Gasteiger partial charge in [0.15, 0.2) is 0 Å². The van der Waals surface area contributed by atoms with Crippen molar-refractivity contribution in [2.75, 3.05) is 20.1 Å². The van der Waals surface area contributed by atoms with Gasteiger partial charge in [-0.2, -0.15) is 0 Å². The number of carbonyl (C=O) groups is 1. The number of hydrogen-bond donors (Lipinski definition) is 0. The first-order chi connectivity index (χ1) is 11.7. The fraction of sp³-hybridized carbons (Fsp3) is 0.474. The zero-order valence-electron chi connectivity index (χ0n) is 14.3. The summed E-state index contributed by atoms with van der Waals surface area (Å²) < 4.78 is 1.95. The van der Waals surface area contributed by atoms with Crippen LogP contribution in [0.2, 0.25) is 0 Å². The van der Waals surface area contributed by atoms with Crippen molar-refractivity contribution in [1.82, 2.24) is 19.4 Å². The van der Waals surface area contributed by atoms with Crippen molar-refractivity contribution >= 4 is 5.91 Å². The van der Waals surface area contributed by atoms with E-state index in [0.717, 1.165) is 32.5 Å². The summed E-state index contributed by atoms with van der Waals surface area (Å²) in [5, 5.41) is 0. The average molecular weight is 326 g/mol. The molecule has 0 aliphatic carbocycles. The van der Waals surface area contributed by atoms with Crippen molar-refractivity contribution in [1.29, 1.82) is 0 Å². The van der Waals surface area contributed by atoms with Gasteiger partial charge < -0.3 is 9.47 Å². The molecule has 0 bridgehead atoms. The summed E-state index contributed by atoms with van der Waals surface area (Å²) in [6.07, 6.45) is 8.05. The summed E-state index contributed by atoms with van der Waals surface area (Å²) in [5.41, 5.74) is 1.36. The number of hydrogen-bond acceptors (Lipinski definition) is 3. The second-order valence-electron chi connectivity index (χ2n) is 6.55. The van der Waals surface area contributed by atoms with Gasteiger partial charge in [-0.05, 0) is 18.4 Å². The summed E-state index contributed by atoms with van der Waals surface area (Å²) in [6, 6.07) is 11.0. The molecule has 1 saturated heterocycles. The molecular weight excluding hydrogens is 300 g/mol. The normalized spacial score (nSPS) is 16.2. The van der Waals surface area contributed by atoms with Crippen molar-refractivity contribution in [3.63, 3.8) is 0 Å². The number of piperidine rings is 1. The lowest BCUT2D eigenvalue weighted by atomic mass is 10.0. The minimum atomic E-state index is 0.227. The average Bonchev–Trinajstić information content (AvgIpc) is 3.14. The van der Waals surface area contributed by atoms with E-state index in [0.29, 0.717) is 19.0 Å². The number of aryl methyl sites for hydroxylation is 1. The van der Waals surface area contributed by atoms with E-state index in [1.54, 1.807) is 12.5 Å². The van der Waals surface area contributed by atoms with Gasteiger partial charge in [0.25, 0.3) is 0 Å². The first-order valence-corrected chi connectivity index (χ1v) is 8.70. The zero-order valence-corrected chi connectivity index (χ0v) is 14.3. The molecule has 1 amide bonds. The Kier molecular flexibility index (Phi) is 5.64. The van der Waals surface area contributed by atoms with E-state index in [1.807, 2.05) is 22.7 Å². The number of benzene rings is 1. The van der Waals surface area contributed by atoms with Crippen molar-refractivity contribution < 1.29 is 4.79 Å². The molecule has 0 spiro atoms. The smallest absolute Gasteiger partial charge is 0.224 e. The summed E-state index contributed by atoms with van der Waals surface area (Å²) in [7, 11) is 1.95. The van der Waals surface area contributed by atoms with E-state index in [-0.39, 0.29) is 5.91 Å². The molecule has 2 heterocycles.